The molecule has 0 aliphatic rings. The van der Waals surface area contributed by atoms with E-state index in [9.17, 15) is 5.11 Å². The Morgan fingerprint density at radius 3 is 2.23 bits per heavy atom. The topological polar surface area (TPSA) is 40.5 Å². The minimum atomic E-state index is -0.740. The minimum absolute atomic E-state index is 0.217. The quantitative estimate of drug-likeness (QED) is 0.735. The number of rotatable bonds is 2. The van der Waals surface area contributed by atoms with Gasteiger partial charge in [0.05, 0.1) is 6.61 Å². The Bertz CT molecular complexity index is 233. The molecule has 0 aliphatic carbocycles. The lowest BCUT2D eigenvalue weighted by Crippen LogP contribution is -2.03. The summed E-state index contributed by atoms with van der Waals surface area (Å²) >= 11 is 0. The van der Waals surface area contributed by atoms with Gasteiger partial charge in [0.1, 0.15) is 6.10 Å². The molecule has 0 amide bonds. The fourth-order valence-electron chi connectivity index (χ4n) is 1.06. The SMILES string of the molecule is CC.Cc1ccccc1C(O)CO. The third-order valence-corrected chi connectivity index (χ3v) is 1.72. The zero-order valence-electron chi connectivity index (χ0n) is 8.49. The lowest BCUT2D eigenvalue weighted by molar-refractivity contribution is 0.0951. The second-order valence-electron chi connectivity index (χ2n) is 2.55. The zero-order chi connectivity index (χ0) is 10.3. The van der Waals surface area contributed by atoms with Gasteiger partial charge in [-0.3, -0.25) is 0 Å². The van der Waals surface area contributed by atoms with Crippen molar-refractivity contribution in [2.24, 2.45) is 0 Å². The summed E-state index contributed by atoms with van der Waals surface area (Å²) in [5.41, 5.74) is 1.81. The van der Waals surface area contributed by atoms with Crippen molar-refractivity contribution in [1.29, 1.82) is 0 Å². The van der Waals surface area contributed by atoms with E-state index in [0.717, 1.165) is 11.1 Å². The summed E-state index contributed by atoms with van der Waals surface area (Å²) in [6.07, 6.45) is -0.740. The summed E-state index contributed by atoms with van der Waals surface area (Å²) in [6.45, 7) is 5.69. The maximum atomic E-state index is 9.26. The first-order valence-corrected chi connectivity index (χ1v) is 4.60. The van der Waals surface area contributed by atoms with Gasteiger partial charge in [-0.05, 0) is 18.1 Å². The maximum absolute atomic E-state index is 9.26. The second kappa shape index (κ2) is 6.63. The fourth-order valence-corrected chi connectivity index (χ4v) is 1.06. The smallest absolute Gasteiger partial charge is 0.102 e. The van der Waals surface area contributed by atoms with Crippen LogP contribution in [0.2, 0.25) is 0 Å². The number of aliphatic hydroxyl groups is 2. The normalized spacial score (nSPS) is 11.5. The predicted octanol–water partition coefficient (Wildman–Crippen LogP) is 2.05. The summed E-state index contributed by atoms with van der Waals surface area (Å²) in [5.74, 6) is 0. The molecule has 1 unspecified atom stereocenters. The summed E-state index contributed by atoms with van der Waals surface area (Å²) < 4.78 is 0. The first-order valence-electron chi connectivity index (χ1n) is 4.60. The van der Waals surface area contributed by atoms with Crippen molar-refractivity contribution in [2.75, 3.05) is 6.61 Å². The van der Waals surface area contributed by atoms with Crippen LogP contribution < -0.4 is 0 Å². The Morgan fingerprint density at radius 2 is 1.77 bits per heavy atom. The number of hydrogen-bond acceptors (Lipinski definition) is 2. The van der Waals surface area contributed by atoms with Crippen molar-refractivity contribution in [2.45, 2.75) is 26.9 Å². The molecule has 13 heavy (non-hydrogen) atoms. The Kier molecular flexibility index (Phi) is 6.20. The first kappa shape index (κ1) is 12.1. The molecular weight excluding hydrogens is 164 g/mol. The number of aliphatic hydroxyl groups excluding tert-OH is 2. The molecule has 1 aromatic rings. The number of benzene rings is 1. The van der Waals surface area contributed by atoms with Crippen LogP contribution in [0.5, 0.6) is 0 Å². The van der Waals surface area contributed by atoms with Crippen LogP contribution in [0.25, 0.3) is 0 Å². The highest BCUT2D eigenvalue weighted by atomic mass is 16.3. The molecule has 2 N–H and O–H groups in total. The van der Waals surface area contributed by atoms with Gasteiger partial charge in [-0.15, -0.1) is 0 Å². The van der Waals surface area contributed by atoms with Crippen LogP contribution >= 0.6 is 0 Å². The van der Waals surface area contributed by atoms with Crippen LogP contribution in [0, 0.1) is 6.92 Å². The van der Waals surface area contributed by atoms with E-state index >= 15 is 0 Å². The van der Waals surface area contributed by atoms with E-state index < -0.39 is 6.10 Å². The second-order valence-corrected chi connectivity index (χ2v) is 2.55. The molecule has 0 aromatic heterocycles. The van der Waals surface area contributed by atoms with Crippen molar-refractivity contribution < 1.29 is 10.2 Å². The molecule has 1 atom stereocenters. The molecular formula is C11H18O2. The highest BCUT2D eigenvalue weighted by molar-refractivity contribution is 5.27. The Balaban J connectivity index is 0.000000671. The molecule has 0 radical (unpaired) electrons. The Morgan fingerprint density at radius 1 is 1.23 bits per heavy atom. The van der Waals surface area contributed by atoms with Gasteiger partial charge in [0.2, 0.25) is 0 Å². The molecule has 0 saturated heterocycles. The molecule has 0 bridgehead atoms. The predicted molar refractivity (Wildman–Crippen MR) is 54.6 cm³/mol. The van der Waals surface area contributed by atoms with Crippen LogP contribution in [0.4, 0.5) is 0 Å². The van der Waals surface area contributed by atoms with E-state index in [-0.39, 0.29) is 6.61 Å². The molecule has 0 heterocycles. The van der Waals surface area contributed by atoms with Crippen molar-refractivity contribution in [3.05, 3.63) is 35.4 Å². The van der Waals surface area contributed by atoms with Gasteiger partial charge in [0, 0.05) is 0 Å². The van der Waals surface area contributed by atoms with E-state index in [1.807, 2.05) is 45.0 Å². The molecule has 74 valence electrons. The fraction of sp³-hybridized carbons (Fsp3) is 0.455. The molecule has 2 nitrogen and oxygen atoms in total. The third-order valence-electron chi connectivity index (χ3n) is 1.72. The van der Waals surface area contributed by atoms with E-state index in [1.54, 1.807) is 0 Å². The summed E-state index contributed by atoms with van der Waals surface area (Å²) in [7, 11) is 0. The lowest BCUT2D eigenvalue weighted by Gasteiger charge is -2.09. The highest BCUT2D eigenvalue weighted by Crippen LogP contribution is 2.15. The summed E-state index contributed by atoms with van der Waals surface area (Å²) in [5, 5.41) is 17.9. The molecule has 0 fully saturated rings. The standard InChI is InChI=1S/C9H12O2.C2H6/c1-7-4-2-3-5-8(7)9(11)6-10;1-2/h2-5,9-11H,6H2,1H3;1-2H3. The van der Waals surface area contributed by atoms with Crippen LogP contribution in [0.1, 0.15) is 31.1 Å². The molecule has 0 spiro atoms. The maximum Gasteiger partial charge on any atom is 0.102 e. The van der Waals surface area contributed by atoms with Crippen LogP contribution in [-0.2, 0) is 0 Å². The molecule has 0 aliphatic heterocycles. The van der Waals surface area contributed by atoms with Crippen molar-refractivity contribution in [1.82, 2.24) is 0 Å². The Hall–Kier alpha value is -0.860. The summed E-state index contributed by atoms with van der Waals surface area (Å²) in [4.78, 5) is 0. The van der Waals surface area contributed by atoms with Gasteiger partial charge in [0.25, 0.3) is 0 Å². The third kappa shape index (κ3) is 3.57. The van der Waals surface area contributed by atoms with E-state index in [0.29, 0.717) is 0 Å². The minimum Gasteiger partial charge on any atom is -0.393 e. The van der Waals surface area contributed by atoms with Crippen molar-refractivity contribution in [3.8, 4) is 0 Å². The van der Waals surface area contributed by atoms with E-state index in [2.05, 4.69) is 0 Å². The van der Waals surface area contributed by atoms with Crippen LogP contribution in [0.3, 0.4) is 0 Å². The lowest BCUT2D eigenvalue weighted by atomic mass is 10.0. The van der Waals surface area contributed by atoms with Crippen molar-refractivity contribution in [3.63, 3.8) is 0 Å². The van der Waals surface area contributed by atoms with E-state index in [1.165, 1.54) is 0 Å². The van der Waals surface area contributed by atoms with Crippen molar-refractivity contribution >= 4 is 0 Å². The van der Waals surface area contributed by atoms with Gasteiger partial charge < -0.3 is 10.2 Å². The number of aryl methyl sites for hydroxylation is 1. The van der Waals surface area contributed by atoms with Gasteiger partial charge in [0.15, 0.2) is 0 Å². The van der Waals surface area contributed by atoms with Crippen LogP contribution in [0.15, 0.2) is 24.3 Å². The zero-order valence-corrected chi connectivity index (χ0v) is 8.49. The molecule has 0 saturated carbocycles. The Labute approximate surface area is 79.9 Å². The number of hydrogen-bond donors (Lipinski definition) is 2. The molecule has 2 heteroatoms. The van der Waals surface area contributed by atoms with Crippen LogP contribution in [-0.4, -0.2) is 16.8 Å². The molecule has 1 aromatic carbocycles. The first-order chi connectivity index (χ1) is 6.25. The highest BCUT2D eigenvalue weighted by Gasteiger charge is 2.06. The monoisotopic (exact) mass is 182 g/mol. The van der Waals surface area contributed by atoms with Gasteiger partial charge in [-0.2, -0.15) is 0 Å². The average molecular weight is 182 g/mol. The molecule has 1 rings (SSSR count). The summed E-state index contributed by atoms with van der Waals surface area (Å²) in [6, 6.07) is 7.48. The largest absolute Gasteiger partial charge is 0.393 e. The average Bonchev–Trinajstić information content (AvgIpc) is 2.20. The van der Waals surface area contributed by atoms with Gasteiger partial charge in [-0.1, -0.05) is 38.1 Å². The van der Waals surface area contributed by atoms with Gasteiger partial charge >= 0.3 is 0 Å². The van der Waals surface area contributed by atoms with Gasteiger partial charge in [-0.25, -0.2) is 0 Å². The van der Waals surface area contributed by atoms with E-state index in [4.69, 9.17) is 5.11 Å².